The molecule has 1 aromatic rings. The Bertz CT molecular complexity index is 907. The van der Waals surface area contributed by atoms with Crippen LogP contribution in [-0.2, 0) is 19.1 Å². The Balaban J connectivity index is 1.74. The lowest BCUT2D eigenvalue weighted by Crippen LogP contribution is -2.56. The van der Waals surface area contributed by atoms with Crippen molar-refractivity contribution in [2.75, 3.05) is 19.0 Å². The van der Waals surface area contributed by atoms with Crippen LogP contribution in [0.15, 0.2) is 24.3 Å². The molecule has 1 spiro atoms. The number of carbonyl (C=O) groups excluding carboxylic acids is 3. The van der Waals surface area contributed by atoms with Crippen molar-refractivity contribution in [2.24, 2.45) is 17.8 Å². The summed E-state index contributed by atoms with van der Waals surface area (Å²) in [7, 11) is 1.54. The highest BCUT2D eigenvalue weighted by Crippen LogP contribution is 2.59. The summed E-state index contributed by atoms with van der Waals surface area (Å²) in [5.41, 5.74) is -0.536. The predicted octanol–water partition coefficient (Wildman–Crippen LogP) is 1.81. The van der Waals surface area contributed by atoms with Crippen LogP contribution < -0.4 is 10.6 Å². The summed E-state index contributed by atoms with van der Waals surface area (Å²) >= 11 is 5.96. The van der Waals surface area contributed by atoms with Gasteiger partial charge in [-0.15, -0.1) is 0 Å². The van der Waals surface area contributed by atoms with Crippen molar-refractivity contribution in [2.45, 2.75) is 56.9 Å². The molecule has 3 aliphatic rings. The highest BCUT2D eigenvalue weighted by molar-refractivity contribution is 6.30. The van der Waals surface area contributed by atoms with Crippen LogP contribution in [0.3, 0.4) is 0 Å². The number of aliphatic hydroxyl groups excluding tert-OH is 1. The molecule has 3 N–H and O–H groups in total. The number of hydrogen-bond acceptors (Lipinski definition) is 5. The largest absolute Gasteiger partial charge is 0.394 e. The van der Waals surface area contributed by atoms with Gasteiger partial charge in [0, 0.05) is 17.8 Å². The fourth-order valence-corrected chi connectivity index (χ4v) is 5.94. The third-order valence-electron chi connectivity index (χ3n) is 6.99. The minimum Gasteiger partial charge on any atom is -0.394 e. The van der Waals surface area contributed by atoms with Gasteiger partial charge in [-0.3, -0.25) is 14.4 Å². The third-order valence-corrected chi connectivity index (χ3v) is 7.25. The van der Waals surface area contributed by atoms with Crippen LogP contribution in [0.25, 0.3) is 0 Å². The van der Waals surface area contributed by atoms with Gasteiger partial charge in [-0.2, -0.15) is 0 Å². The Morgan fingerprint density at radius 1 is 1.28 bits per heavy atom. The number of aliphatic hydroxyl groups is 1. The maximum Gasteiger partial charge on any atom is 0.250 e. The van der Waals surface area contributed by atoms with Crippen LogP contribution in [-0.4, -0.2) is 65.2 Å². The molecule has 3 aliphatic heterocycles. The highest BCUT2D eigenvalue weighted by atomic mass is 35.5. The van der Waals surface area contributed by atoms with E-state index in [-0.39, 0.29) is 30.2 Å². The zero-order valence-corrected chi connectivity index (χ0v) is 19.3. The molecule has 3 fully saturated rings. The van der Waals surface area contributed by atoms with Gasteiger partial charge in [0.25, 0.3) is 0 Å². The molecule has 0 aliphatic carbocycles. The van der Waals surface area contributed by atoms with E-state index in [1.54, 1.807) is 24.3 Å². The van der Waals surface area contributed by atoms with Gasteiger partial charge in [0.1, 0.15) is 11.6 Å². The predicted molar refractivity (Wildman–Crippen MR) is 119 cm³/mol. The van der Waals surface area contributed by atoms with Crippen LogP contribution in [0.5, 0.6) is 0 Å². The molecule has 32 heavy (non-hydrogen) atoms. The lowest BCUT2D eigenvalue weighted by molar-refractivity contribution is -0.144. The summed E-state index contributed by atoms with van der Waals surface area (Å²) in [6.07, 6.45) is 1.25. The number of carbonyl (C=O) groups is 3. The molecular formula is C23H30ClN3O5. The summed E-state index contributed by atoms with van der Waals surface area (Å²) < 4.78 is 6.32. The molecule has 2 bridgehead atoms. The van der Waals surface area contributed by atoms with E-state index in [9.17, 15) is 19.5 Å². The van der Waals surface area contributed by atoms with E-state index in [1.807, 2.05) is 13.8 Å². The fourth-order valence-electron chi connectivity index (χ4n) is 5.81. The zero-order valence-electron chi connectivity index (χ0n) is 18.5. The van der Waals surface area contributed by atoms with E-state index in [0.29, 0.717) is 30.0 Å². The first kappa shape index (κ1) is 23.0. The van der Waals surface area contributed by atoms with Gasteiger partial charge < -0.3 is 25.4 Å². The number of benzene rings is 1. The fraction of sp³-hybridized carbons (Fsp3) is 0.609. The minimum atomic E-state index is -1.08. The summed E-state index contributed by atoms with van der Waals surface area (Å²) in [5, 5.41) is 16.2. The molecule has 3 heterocycles. The topological polar surface area (TPSA) is 108 Å². The quantitative estimate of drug-likeness (QED) is 0.571. The van der Waals surface area contributed by atoms with Crippen molar-refractivity contribution in [3.63, 3.8) is 0 Å². The van der Waals surface area contributed by atoms with Crippen molar-refractivity contribution in [3.05, 3.63) is 29.3 Å². The Labute approximate surface area is 192 Å². The number of anilines is 1. The standard InChI is InChI=1S/C23H30ClN3O5/c1-12(2)10-15(11-28)27-19(21(30)26-14-6-4-13(24)5-7-14)23-9-8-16(32-23)17(20(29)25-3)18(23)22(27)31/h4-7,12,15-19,28H,8-11H2,1-3H3,(H,25,29)(H,26,30)/t15-,16-,17+,18+,19?,23?/m1/s1. The Morgan fingerprint density at radius 3 is 2.56 bits per heavy atom. The lowest BCUT2D eigenvalue weighted by Gasteiger charge is -2.37. The van der Waals surface area contributed by atoms with Gasteiger partial charge in [-0.05, 0) is 49.4 Å². The summed E-state index contributed by atoms with van der Waals surface area (Å²) in [5.74, 6) is -2.12. The van der Waals surface area contributed by atoms with Crippen LogP contribution in [0.4, 0.5) is 5.69 Å². The van der Waals surface area contributed by atoms with Gasteiger partial charge in [0.2, 0.25) is 17.7 Å². The Kier molecular flexibility index (Phi) is 6.22. The average Bonchev–Trinajstić information content (AvgIpc) is 3.40. The number of halogens is 1. The maximum absolute atomic E-state index is 13.8. The molecule has 2 unspecified atom stereocenters. The number of fused-ring (bicyclic) bond motifs is 1. The van der Waals surface area contributed by atoms with Gasteiger partial charge in [-0.25, -0.2) is 0 Å². The van der Waals surface area contributed by atoms with Crippen molar-refractivity contribution < 1.29 is 24.2 Å². The smallest absolute Gasteiger partial charge is 0.250 e. The maximum atomic E-state index is 13.8. The van der Waals surface area contributed by atoms with E-state index >= 15 is 0 Å². The zero-order chi connectivity index (χ0) is 23.2. The average molecular weight is 464 g/mol. The van der Waals surface area contributed by atoms with Crippen LogP contribution in [0.1, 0.15) is 33.1 Å². The number of ether oxygens (including phenoxy) is 1. The molecule has 0 radical (unpaired) electrons. The van der Waals surface area contributed by atoms with E-state index in [2.05, 4.69) is 10.6 Å². The number of rotatable bonds is 7. The van der Waals surface area contributed by atoms with Crippen molar-refractivity contribution in [1.29, 1.82) is 0 Å². The molecule has 0 aromatic heterocycles. The number of hydrogen-bond donors (Lipinski definition) is 3. The second kappa shape index (κ2) is 8.65. The number of likely N-dealkylation sites (tertiary alicyclic amines) is 1. The number of amides is 3. The Hall–Kier alpha value is -2.16. The van der Waals surface area contributed by atoms with Crippen LogP contribution in [0, 0.1) is 17.8 Å². The highest BCUT2D eigenvalue weighted by Gasteiger charge is 2.75. The lowest BCUT2D eigenvalue weighted by atomic mass is 9.70. The molecule has 1 aromatic carbocycles. The number of nitrogens with zero attached hydrogens (tertiary/aromatic N) is 1. The molecule has 0 saturated carbocycles. The molecule has 9 heteroatoms. The Morgan fingerprint density at radius 2 is 1.97 bits per heavy atom. The van der Waals surface area contributed by atoms with E-state index in [4.69, 9.17) is 16.3 Å². The van der Waals surface area contributed by atoms with E-state index in [1.165, 1.54) is 11.9 Å². The van der Waals surface area contributed by atoms with E-state index in [0.717, 1.165) is 0 Å². The number of nitrogens with one attached hydrogen (secondary N) is 2. The first-order valence-electron chi connectivity index (χ1n) is 11.1. The first-order valence-corrected chi connectivity index (χ1v) is 11.5. The second-order valence-electron chi connectivity index (χ2n) is 9.38. The molecule has 174 valence electrons. The van der Waals surface area contributed by atoms with Gasteiger partial charge in [0.15, 0.2) is 0 Å². The summed E-state index contributed by atoms with van der Waals surface area (Å²) in [6, 6.07) is 5.24. The molecule has 3 amide bonds. The molecule has 3 saturated heterocycles. The monoisotopic (exact) mass is 463 g/mol. The molecule has 4 rings (SSSR count). The molecular weight excluding hydrogens is 434 g/mol. The first-order chi connectivity index (χ1) is 15.2. The van der Waals surface area contributed by atoms with Gasteiger partial charge in [0.05, 0.1) is 30.6 Å². The van der Waals surface area contributed by atoms with Gasteiger partial charge in [-0.1, -0.05) is 25.4 Å². The van der Waals surface area contributed by atoms with Crippen LogP contribution in [0.2, 0.25) is 5.02 Å². The summed E-state index contributed by atoms with van der Waals surface area (Å²) in [4.78, 5) is 41.6. The third kappa shape index (κ3) is 3.58. The summed E-state index contributed by atoms with van der Waals surface area (Å²) in [6.45, 7) is 3.73. The normalized spacial score (nSPS) is 31.7. The molecule has 6 atom stereocenters. The van der Waals surface area contributed by atoms with Gasteiger partial charge >= 0.3 is 0 Å². The van der Waals surface area contributed by atoms with E-state index < -0.39 is 35.6 Å². The van der Waals surface area contributed by atoms with Crippen molar-refractivity contribution in [3.8, 4) is 0 Å². The minimum absolute atomic E-state index is 0.199. The van der Waals surface area contributed by atoms with Crippen LogP contribution >= 0.6 is 11.6 Å². The second-order valence-corrected chi connectivity index (χ2v) is 9.81. The van der Waals surface area contributed by atoms with Crippen molar-refractivity contribution >= 4 is 35.0 Å². The molecule has 8 nitrogen and oxygen atoms in total. The van der Waals surface area contributed by atoms with Crippen molar-refractivity contribution in [1.82, 2.24) is 10.2 Å². The SMILES string of the molecule is CNC(=O)[C@@H]1[C@H]2C(=O)N([C@@H](CO)CC(C)C)C(C(=O)Nc3ccc(Cl)cc3)C23CC[C@H]1O3.